The van der Waals surface area contributed by atoms with E-state index in [1.54, 1.807) is 12.4 Å². The van der Waals surface area contributed by atoms with E-state index in [-0.39, 0.29) is 6.04 Å². The summed E-state index contributed by atoms with van der Waals surface area (Å²) >= 11 is 3.47. The first kappa shape index (κ1) is 13.1. The molecule has 102 valence electrons. The lowest BCUT2D eigenvalue weighted by atomic mass is 10.1. The number of benzene rings is 1. The molecule has 0 aliphatic carbocycles. The molecule has 0 aliphatic heterocycles. The number of imidazole rings is 1. The number of hydrogen-bond acceptors (Lipinski definition) is 3. The highest BCUT2D eigenvalue weighted by atomic mass is 79.9. The molecule has 2 aromatic heterocycles. The highest BCUT2D eigenvalue weighted by molar-refractivity contribution is 9.10. The molecule has 0 fully saturated rings. The molecule has 5 heteroatoms. The van der Waals surface area contributed by atoms with Crippen LogP contribution in [0.5, 0.6) is 0 Å². The Morgan fingerprint density at radius 1 is 1.25 bits per heavy atom. The maximum Gasteiger partial charge on any atom is 0.143 e. The van der Waals surface area contributed by atoms with Crippen LogP contribution in [0.3, 0.4) is 0 Å². The number of nitrogen functional groups attached to an aromatic ring is 1. The van der Waals surface area contributed by atoms with Crippen LogP contribution in [0.15, 0.2) is 41.1 Å². The highest BCUT2D eigenvalue weighted by Crippen LogP contribution is 2.34. The van der Waals surface area contributed by atoms with Crippen molar-refractivity contribution < 1.29 is 0 Å². The predicted molar refractivity (Wildman–Crippen MR) is 85.5 cm³/mol. The summed E-state index contributed by atoms with van der Waals surface area (Å²) in [6.07, 6.45) is 3.57. The van der Waals surface area contributed by atoms with Gasteiger partial charge < -0.3 is 10.3 Å². The van der Waals surface area contributed by atoms with Gasteiger partial charge in [0.1, 0.15) is 11.3 Å². The summed E-state index contributed by atoms with van der Waals surface area (Å²) in [4.78, 5) is 8.85. The first-order valence-electron chi connectivity index (χ1n) is 6.46. The van der Waals surface area contributed by atoms with Crippen molar-refractivity contribution in [2.75, 3.05) is 5.73 Å². The summed E-state index contributed by atoms with van der Waals surface area (Å²) < 4.78 is 3.07. The molecule has 4 nitrogen and oxygen atoms in total. The minimum absolute atomic E-state index is 0.288. The van der Waals surface area contributed by atoms with Crippen molar-refractivity contribution in [3.63, 3.8) is 0 Å². The van der Waals surface area contributed by atoms with Crippen molar-refractivity contribution in [3.8, 4) is 11.4 Å². The number of para-hydroxylation sites is 1. The van der Waals surface area contributed by atoms with Gasteiger partial charge in [-0.05, 0) is 48.0 Å². The molecule has 3 aromatic rings. The van der Waals surface area contributed by atoms with Crippen LogP contribution in [-0.2, 0) is 0 Å². The fourth-order valence-corrected chi connectivity index (χ4v) is 2.76. The van der Waals surface area contributed by atoms with Crippen LogP contribution in [-0.4, -0.2) is 14.5 Å². The van der Waals surface area contributed by atoms with Crippen molar-refractivity contribution in [1.82, 2.24) is 14.5 Å². The Kier molecular flexibility index (Phi) is 3.22. The zero-order valence-corrected chi connectivity index (χ0v) is 12.9. The number of halogens is 1. The van der Waals surface area contributed by atoms with Crippen molar-refractivity contribution in [2.45, 2.75) is 19.9 Å². The minimum Gasteiger partial charge on any atom is -0.397 e. The number of anilines is 1. The Balaban J connectivity index is 2.36. The Morgan fingerprint density at radius 2 is 2.05 bits per heavy atom. The third kappa shape index (κ3) is 1.98. The average Bonchev–Trinajstić information content (AvgIpc) is 2.81. The van der Waals surface area contributed by atoms with Crippen molar-refractivity contribution in [1.29, 1.82) is 0 Å². The van der Waals surface area contributed by atoms with E-state index in [1.165, 1.54) is 0 Å². The maximum atomic E-state index is 6.19. The third-order valence-corrected chi connectivity index (χ3v) is 3.99. The smallest absolute Gasteiger partial charge is 0.143 e. The van der Waals surface area contributed by atoms with Gasteiger partial charge in [0.25, 0.3) is 0 Å². The fraction of sp³-hybridized carbons (Fsp3) is 0.200. The monoisotopic (exact) mass is 330 g/mol. The topological polar surface area (TPSA) is 56.7 Å². The summed E-state index contributed by atoms with van der Waals surface area (Å²) in [7, 11) is 0. The number of hydrogen-bond donors (Lipinski definition) is 1. The zero-order valence-electron chi connectivity index (χ0n) is 11.3. The van der Waals surface area contributed by atoms with Gasteiger partial charge in [-0.25, -0.2) is 4.98 Å². The maximum absolute atomic E-state index is 6.19. The second-order valence-corrected chi connectivity index (χ2v) is 5.82. The van der Waals surface area contributed by atoms with Gasteiger partial charge in [0.05, 0.1) is 17.4 Å². The average molecular weight is 331 g/mol. The number of rotatable bonds is 2. The van der Waals surface area contributed by atoms with Gasteiger partial charge in [0.2, 0.25) is 0 Å². The number of nitrogens with zero attached hydrogens (tertiary/aromatic N) is 3. The summed E-state index contributed by atoms with van der Waals surface area (Å²) in [5, 5.41) is 0. The molecule has 3 rings (SSSR count). The van der Waals surface area contributed by atoms with E-state index in [0.717, 1.165) is 26.9 Å². The van der Waals surface area contributed by atoms with E-state index >= 15 is 0 Å². The third-order valence-electron chi connectivity index (χ3n) is 3.30. The van der Waals surface area contributed by atoms with Crippen molar-refractivity contribution in [2.24, 2.45) is 0 Å². The normalized spacial score (nSPS) is 11.4. The molecule has 2 N–H and O–H groups in total. The second kappa shape index (κ2) is 4.90. The van der Waals surface area contributed by atoms with Crippen LogP contribution in [0.4, 0.5) is 5.69 Å². The van der Waals surface area contributed by atoms with Gasteiger partial charge in [-0.15, -0.1) is 0 Å². The van der Waals surface area contributed by atoms with Gasteiger partial charge in [0, 0.05) is 22.3 Å². The molecule has 0 radical (unpaired) electrons. The molecule has 0 unspecified atom stereocenters. The molecule has 0 aliphatic rings. The van der Waals surface area contributed by atoms with E-state index in [4.69, 9.17) is 10.7 Å². The molecule has 2 heterocycles. The Bertz CT molecular complexity index is 777. The van der Waals surface area contributed by atoms with Crippen molar-refractivity contribution in [3.05, 3.63) is 41.1 Å². The molecular weight excluding hydrogens is 316 g/mol. The lowest BCUT2D eigenvalue weighted by Gasteiger charge is -2.14. The van der Waals surface area contributed by atoms with Gasteiger partial charge in [-0.3, -0.25) is 4.98 Å². The molecule has 0 saturated carbocycles. The van der Waals surface area contributed by atoms with E-state index in [1.807, 2.05) is 24.3 Å². The van der Waals surface area contributed by atoms with Crippen LogP contribution in [0.25, 0.3) is 22.4 Å². The zero-order chi connectivity index (χ0) is 14.3. The lowest BCUT2D eigenvalue weighted by Crippen LogP contribution is -2.04. The second-order valence-electron chi connectivity index (χ2n) is 4.96. The first-order valence-corrected chi connectivity index (χ1v) is 7.25. The molecule has 20 heavy (non-hydrogen) atoms. The quantitative estimate of drug-likeness (QED) is 0.722. The van der Waals surface area contributed by atoms with E-state index in [0.29, 0.717) is 5.69 Å². The van der Waals surface area contributed by atoms with Crippen LogP contribution < -0.4 is 5.73 Å². The molecule has 0 atom stereocenters. The lowest BCUT2D eigenvalue weighted by molar-refractivity contribution is 0.624. The molecule has 0 bridgehead atoms. The SMILES string of the molecule is CC(C)n1c(-c2cccc(Br)c2N)nc2cnccc21. The fourth-order valence-electron chi connectivity index (χ4n) is 2.40. The standard InChI is InChI=1S/C15H15BrN4/c1-9(2)20-13-6-7-18-8-12(13)19-15(20)10-4-3-5-11(16)14(10)17/h3-9H,17H2,1-2H3. The van der Waals surface area contributed by atoms with E-state index < -0.39 is 0 Å². The molecule has 0 saturated heterocycles. The molecule has 0 amide bonds. The highest BCUT2D eigenvalue weighted by Gasteiger charge is 2.17. The van der Waals surface area contributed by atoms with Crippen LogP contribution in [0.1, 0.15) is 19.9 Å². The van der Waals surface area contributed by atoms with Gasteiger partial charge in [-0.1, -0.05) is 6.07 Å². The summed E-state index contributed by atoms with van der Waals surface area (Å²) in [6, 6.07) is 8.17. The van der Waals surface area contributed by atoms with Crippen LogP contribution in [0.2, 0.25) is 0 Å². The van der Waals surface area contributed by atoms with Gasteiger partial charge in [-0.2, -0.15) is 0 Å². The number of pyridine rings is 1. The van der Waals surface area contributed by atoms with Gasteiger partial charge >= 0.3 is 0 Å². The van der Waals surface area contributed by atoms with Crippen molar-refractivity contribution >= 4 is 32.7 Å². The summed E-state index contributed by atoms with van der Waals surface area (Å²) in [6.45, 7) is 4.28. The summed E-state index contributed by atoms with van der Waals surface area (Å²) in [5.41, 5.74) is 9.79. The Hall–Kier alpha value is -1.88. The first-order chi connectivity index (χ1) is 9.59. The van der Waals surface area contributed by atoms with E-state index in [9.17, 15) is 0 Å². The summed E-state index contributed by atoms with van der Waals surface area (Å²) in [5.74, 6) is 0.877. The van der Waals surface area contributed by atoms with Gasteiger partial charge in [0.15, 0.2) is 0 Å². The van der Waals surface area contributed by atoms with Crippen LogP contribution in [0, 0.1) is 0 Å². The van der Waals surface area contributed by atoms with E-state index in [2.05, 4.69) is 39.3 Å². The Morgan fingerprint density at radius 3 is 2.80 bits per heavy atom. The number of aromatic nitrogens is 3. The molecule has 1 aromatic carbocycles. The predicted octanol–water partition coefficient (Wildman–Crippen LogP) is 4.02. The number of fused-ring (bicyclic) bond motifs is 1. The molecular formula is C15H15BrN4. The largest absolute Gasteiger partial charge is 0.397 e. The number of nitrogens with two attached hydrogens (primary N) is 1. The Labute approximate surface area is 125 Å². The molecule has 0 spiro atoms. The minimum atomic E-state index is 0.288. The van der Waals surface area contributed by atoms with Crippen LogP contribution >= 0.6 is 15.9 Å².